The quantitative estimate of drug-likeness (QED) is 0.907. The Balaban J connectivity index is 2.06. The van der Waals surface area contributed by atoms with Crippen LogP contribution in [0.2, 0.25) is 0 Å². The van der Waals surface area contributed by atoms with Gasteiger partial charge in [-0.15, -0.1) is 11.3 Å². The molecule has 2 rings (SSSR count). The van der Waals surface area contributed by atoms with E-state index in [2.05, 4.69) is 5.32 Å². The average molecular weight is 294 g/mol. The van der Waals surface area contributed by atoms with E-state index in [1.165, 1.54) is 0 Å². The zero-order valence-electron chi connectivity index (χ0n) is 12.3. The third-order valence-corrected chi connectivity index (χ3v) is 4.73. The molecule has 0 spiro atoms. The maximum absolute atomic E-state index is 12.5. The molecule has 0 bridgehead atoms. The Hall–Kier alpha value is -1.36. The number of thiophene rings is 1. The molecule has 1 saturated heterocycles. The number of amides is 2. The molecule has 1 aromatic heterocycles. The Morgan fingerprint density at radius 3 is 2.65 bits per heavy atom. The standard InChI is InChI=1S/C15H22N2O2S/c1-10(2)14(17-8-4-7-13(17)18)15(19)16-11(3)12-6-5-9-20-12/h5-6,9-11,14H,4,7-8H2,1-3H3,(H,16,19)/t11-,14-/m1/s1. The zero-order valence-corrected chi connectivity index (χ0v) is 13.1. The fourth-order valence-electron chi connectivity index (χ4n) is 2.67. The Kier molecular flexibility index (Phi) is 4.81. The van der Waals surface area contributed by atoms with Gasteiger partial charge in [0.25, 0.3) is 0 Å². The van der Waals surface area contributed by atoms with E-state index in [9.17, 15) is 9.59 Å². The van der Waals surface area contributed by atoms with E-state index < -0.39 is 0 Å². The summed E-state index contributed by atoms with van der Waals surface area (Å²) in [5, 5.41) is 5.04. The van der Waals surface area contributed by atoms with Gasteiger partial charge in [-0.2, -0.15) is 0 Å². The maximum Gasteiger partial charge on any atom is 0.243 e. The van der Waals surface area contributed by atoms with Crippen LogP contribution in [0.5, 0.6) is 0 Å². The predicted octanol–water partition coefficient (Wildman–Crippen LogP) is 2.57. The molecule has 20 heavy (non-hydrogen) atoms. The van der Waals surface area contributed by atoms with Gasteiger partial charge in [0.1, 0.15) is 6.04 Å². The molecule has 1 fully saturated rings. The van der Waals surface area contributed by atoms with Crippen LogP contribution in [0.25, 0.3) is 0 Å². The third kappa shape index (κ3) is 3.20. The molecule has 5 heteroatoms. The highest BCUT2D eigenvalue weighted by Gasteiger charge is 2.35. The molecule has 1 N–H and O–H groups in total. The van der Waals surface area contributed by atoms with E-state index in [4.69, 9.17) is 0 Å². The number of nitrogens with one attached hydrogen (secondary N) is 1. The molecule has 1 aliphatic heterocycles. The van der Waals surface area contributed by atoms with Gasteiger partial charge >= 0.3 is 0 Å². The van der Waals surface area contributed by atoms with Crippen molar-refractivity contribution in [1.82, 2.24) is 10.2 Å². The lowest BCUT2D eigenvalue weighted by atomic mass is 10.0. The van der Waals surface area contributed by atoms with Crippen molar-refractivity contribution >= 4 is 23.2 Å². The second-order valence-electron chi connectivity index (χ2n) is 5.63. The molecule has 2 amide bonds. The van der Waals surface area contributed by atoms with E-state index in [-0.39, 0.29) is 29.8 Å². The first-order valence-corrected chi connectivity index (χ1v) is 8.02. The average Bonchev–Trinajstić information content (AvgIpc) is 3.01. The monoisotopic (exact) mass is 294 g/mol. The molecular weight excluding hydrogens is 272 g/mol. The van der Waals surface area contributed by atoms with Crippen molar-refractivity contribution in [2.45, 2.75) is 45.7 Å². The normalized spacial score (nSPS) is 18.4. The van der Waals surface area contributed by atoms with Crippen LogP contribution in [0.3, 0.4) is 0 Å². The lowest BCUT2D eigenvalue weighted by Gasteiger charge is -2.30. The predicted molar refractivity (Wildman–Crippen MR) is 80.4 cm³/mol. The summed E-state index contributed by atoms with van der Waals surface area (Å²) in [6, 6.07) is 3.63. The van der Waals surface area contributed by atoms with Crippen LogP contribution in [0.1, 0.15) is 44.5 Å². The molecule has 0 radical (unpaired) electrons. The second kappa shape index (κ2) is 6.39. The lowest BCUT2D eigenvalue weighted by molar-refractivity contribution is -0.139. The van der Waals surface area contributed by atoms with E-state index in [1.54, 1.807) is 16.2 Å². The van der Waals surface area contributed by atoms with Gasteiger partial charge in [-0.05, 0) is 30.7 Å². The molecule has 1 aliphatic rings. The lowest BCUT2D eigenvalue weighted by Crippen LogP contribution is -2.50. The molecule has 1 aromatic rings. The van der Waals surface area contributed by atoms with Gasteiger partial charge in [0, 0.05) is 17.8 Å². The van der Waals surface area contributed by atoms with Crippen molar-refractivity contribution in [3.63, 3.8) is 0 Å². The summed E-state index contributed by atoms with van der Waals surface area (Å²) in [6.07, 6.45) is 1.42. The summed E-state index contributed by atoms with van der Waals surface area (Å²) in [4.78, 5) is 27.3. The molecule has 0 aliphatic carbocycles. The van der Waals surface area contributed by atoms with E-state index >= 15 is 0 Å². The Morgan fingerprint density at radius 2 is 2.15 bits per heavy atom. The summed E-state index contributed by atoms with van der Waals surface area (Å²) >= 11 is 1.63. The van der Waals surface area contributed by atoms with Crippen molar-refractivity contribution < 1.29 is 9.59 Å². The van der Waals surface area contributed by atoms with E-state index in [0.29, 0.717) is 13.0 Å². The number of hydrogen-bond donors (Lipinski definition) is 1. The highest BCUT2D eigenvalue weighted by Crippen LogP contribution is 2.22. The van der Waals surface area contributed by atoms with Crippen molar-refractivity contribution in [2.24, 2.45) is 5.92 Å². The molecule has 2 atom stereocenters. The maximum atomic E-state index is 12.5. The molecule has 4 nitrogen and oxygen atoms in total. The van der Waals surface area contributed by atoms with Gasteiger partial charge in [0.15, 0.2) is 0 Å². The minimum Gasteiger partial charge on any atom is -0.347 e. The Bertz CT molecular complexity index is 470. The van der Waals surface area contributed by atoms with Crippen LogP contribution in [0.15, 0.2) is 17.5 Å². The largest absolute Gasteiger partial charge is 0.347 e. The number of nitrogens with zero attached hydrogens (tertiary/aromatic N) is 1. The Labute approximate surface area is 124 Å². The van der Waals surface area contributed by atoms with Crippen molar-refractivity contribution in [2.75, 3.05) is 6.54 Å². The van der Waals surface area contributed by atoms with Crippen LogP contribution in [0.4, 0.5) is 0 Å². The summed E-state index contributed by atoms with van der Waals surface area (Å²) in [5.74, 6) is 0.173. The van der Waals surface area contributed by atoms with Crippen molar-refractivity contribution in [1.29, 1.82) is 0 Å². The zero-order chi connectivity index (χ0) is 14.7. The number of carbonyl (C=O) groups excluding carboxylic acids is 2. The number of rotatable bonds is 5. The van der Waals surface area contributed by atoms with Crippen LogP contribution in [-0.4, -0.2) is 29.3 Å². The topological polar surface area (TPSA) is 49.4 Å². The molecular formula is C15H22N2O2S. The highest BCUT2D eigenvalue weighted by atomic mass is 32.1. The summed E-state index contributed by atoms with van der Waals surface area (Å²) < 4.78 is 0. The van der Waals surface area contributed by atoms with Gasteiger partial charge in [0.05, 0.1) is 6.04 Å². The fraction of sp³-hybridized carbons (Fsp3) is 0.600. The first kappa shape index (κ1) is 15.0. The van der Waals surface area contributed by atoms with E-state index in [0.717, 1.165) is 11.3 Å². The summed E-state index contributed by atoms with van der Waals surface area (Å²) in [5.41, 5.74) is 0. The first-order chi connectivity index (χ1) is 9.50. The minimum atomic E-state index is -0.354. The third-order valence-electron chi connectivity index (χ3n) is 3.67. The summed E-state index contributed by atoms with van der Waals surface area (Å²) in [6.45, 7) is 6.66. The highest BCUT2D eigenvalue weighted by molar-refractivity contribution is 7.10. The molecule has 0 aromatic carbocycles. The molecule has 0 unspecified atom stereocenters. The molecule has 0 saturated carbocycles. The van der Waals surface area contributed by atoms with Crippen molar-refractivity contribution in [3.05, 3.63) is 22.4 Å². The number of likely N-dealkylation sites (tertiary alicyclic amines) is 1. The number of carbonyl (C=O) groups is 2. The second-order valence-corrected chi connectivity index (χ2v) is 6.60. The van der Waals surface area contributed by atoms with Crippen LogP contribution in [-0.2, 0) is 9.59 Å². The fourth-order valence-corrected chi connectivity index (χ4v) is 3.41. The van der Waals surface area contributed by atoms with Crippen LogP contribution >= 0.6 is 11.3 Å². The summed E-state index contributed by atoms with van der Waals surface area (Å²) in [7, 11) is 0. The van der Waals surface area contributed by atoms with Gasteiger partial charge in [-0.3, -0.25) is 9.59 Å². The van der Waals surface area contributed by atoms with Crippen LogP contribution < -0.4 is 5.32 Å². The van der Waals surface area contributed by atoms with Gasteiger partial charge in [-0.25, -0.2) is 0 Å². The molecule has 2 heterocycles. The smallest absolute Gasteiger partial charge is 0.243 e. The number of hydrogen-bond acceptors (Lipinski definition) is 3. The Morgan fingerprint density at radius 1 is 1.40 bits per heavy atom. The van der Waals surface area contributed by atoms with Gasteiger partial charge in [-0.1, -0.05) is 19.9 Å². The minimum absolute atomic E-state index is 0.0125. The first-order valence-electron chi connectivity index (χ1n) is 7.14. The van der Waals surface area contributed by atoms with Gasteiger partial charge in [0.2, 0.25) is 11.8 Å². The molecule has 110 valence electrons. The van der Waals surface area contributed by atoms with Crippen molar-refractivity contribution in [3.8, 4) is 0 Å². The van der Waals surface area contributed by atoms with E-state index in [1.807, 2.05) is 38.3 Å². The van der Waals surface area contributed by atoms with Crippen LogP contribution in [0, 0.1) is 5.92 Å². The SMILES string of the molecule is CC(C)[C@H](C(=O)N[C@H](C)c1cccs1)N1CCCC1=O. The van der Waals surface area contributed by atoms with Gasteiger partial charge < -0.3 is 10.2 Å².